The van der Waals surface area contributed by atoms with Gasteiger partial charge < -0.3 is 9.84 Å². The first-order valence-electron chi connectivity index (χ1n) is 11.0. The quantitative estimate of drug-likeness (QED) is 0.294. The third kappa shape index (κ3) is 5.39. The van der Waals surface area contributed by atoms with Crippen molar-refractivity contribution in [3.8, 4) is 5.75 Å². The molecule has 1 amide bonds. The fraction of sp³-hybridized carbons (Fsp3) is 0.103. The zero-order valence-electron chi connectivity index (χ0n) is 18.9. The number of hydrogen-bond donors (Lipinski definition) is 2. The highest BCUT2D eigenvalue weighted by molar-refractivity contribution is 5.91. The summed E-state index contributed by atoms with van der Waals surface area (Å²) in [6.07, 6.45) is 1.53. The number of carbonyl (C=O) groups is 1. The number of aryl methyl sites for hydroxylation is 1. The van der Waals surface area contributed by atoms with E-state index in [0.717, 1.165) is 16.9 Å². The summed E-state index contributed by atoms with van der Waals surface area (Å²) in [5, 5.41) is 15.5. The number of carbonyl (C=O) groups excluding carboxylic acids is 1. The Hall–Kier alpha value is -4.22. The summed E-state index contributed by atoms with van der Waals surface area (Å²) >= 11 is 0. The lowest BCUT2D eigenvalue weighted by Gasteiger charge is -2.27. The number of aliphatic hydroxyl groups is 1. The van der Waals surface area contributed by atoms with Crippen LogP contribution < -0.4 is 10.2 Å². The summed E-state index contributed by atoms with van der Waals surface area (Å²) in [6, 6.07) is 33.2. The van der Waals surface area contributed by atoms with Crippen molar-refractivity contribution < 1.29 is 14.6 Å². The van der Waals surface area contributed by atoms with Gasteiger partial charge in [-0.15, -0.1) is 0 Å². The number of hydrogen-bond acceptors (Lipinski definition) is 4. The Morgan fingerprint density at radius 1 is 0.853 bits per heavy atom. The number of rotatable bonds is 8. The van der Waals surface area contributed by atoms with Crippen LogP contribution in [0.1, 0.15) is 27.8 Å². The molecule has 0 aliphatic heterocycles. The van der Waals surface area contributed by atoms with Crippen LogP contribution in [0.2, 0.25) is 0 Å². The molecule has 0 saturated heterocycles. The van der Waals surface area contributed by atoms with E-state index in [1.165, 1.54) is 11.8 Å². The molecular formula is C29H26N2O3. The number of ether oxygens (including phenoxy) is 1. The smallest absolute Gasteiger partial charge is 0.281 e. The van der Waals surface area contributed by atoms with E-state index < -0.39 is 11.5 Å². The molecule has 5 nitrogen and oxygen atoms in total. The summed E-state index contributed by atoms with van der Waals surface area (Å²) < 4.78 is 5.82. The fourth-order valence-electron chi connectivity index (χ4n) is 3.53. The molecule has 0 bridgehead atoms. The van der Waals surface area contributed by atoms with Crippen LogP contribution in [0.3, 0.4) is 0 Å². The van der Waals surface area contributed by atoms with Gasteiger partial charge in [0.1, 0.15) is 12.4 Å². The lowest BCUT2D eigenvalue weighted by Crippen LogP contribution is -2.43. The molecule has 0 aliphatic rings. The summed E-state index contributed by atoms with van der Waals surface area (Å²) in [7, 11) is 0. The van der Waals surface area contributed by atoms with Crippen LogP contribution in [-0.4, -0.2) is 17.2 Å². The van der Waals surface area contributed by atoms with Crippen LogP contribution in [0.4, 0.5) is 0 Å². The van der Waals surface area contributed by atoms with Crippen LogP contribution in [0.5, 0.6) is 5.75 Å². The lowest BCUT2D eigenvalue weighted by molar-refractivity contribution is -0.136. The van der Waals surface area contributed by atoms with Crippen molar-refractivity contribution in [2.75, 3.05) is 0 Å². The molecule has 0 aliphatic carbocycles. The molecule has 0 saturated carbocycles. The molecule has 0 unspecified atom stereocenters. The van der Waals surface area contributed by atoms with E-state index in [1.807, 2.05) is 48.5 Å². The predicted octanol–water partition coefficient (Wildman–Crippen LogP) is 4.96. The van der Waals surface area contributed by atoms with Crippen LogP contribution in [0.15, 0.2) is 114 Å². The third-order valence-electron chi connectivity index (χ3n) is 5.50. The maximum atomic E-state index is 13.1. The maximum Gasteiger partial charge on any atom is 0.281 e. The largest absolute Gasteiger partial charge is 0.489 e. The van der Waals surface area contributed by atoms with E-state index in [4.69, 9.17) is 4.74 Å². The molecule has 0 fully saturated rings. The normalized spacial score (nSPS) is 11.4. The maximum absolute atomic E-state index is 13.1. The Balaban J connectivity index is 1.41. The Kier molecular flexibility index (Phi) is 7.16. The second kappa shape index (κ2) is 10.6. The van der Waals surface area contributed by atoms with E-state index in [-0.39, 0.29) is 0 Å². The fourth-order valence-corrected chi connectivity index (χ4v) is 3.53. The summed E-state index contributed by atoms with van der Waals surface area (Å²) in [4.78, 5) is 13.1. The zero-order chi connectivity index (χ0) is 23.8. The first-order valence-corrected chi connectivity index (χ1v) is 11.0. The van der Waals surface area contributed by atoms with Crippen molar-refractivity contribution >= 4 is 12.1 Å². The average Bonchev–Trinajstić information content (AvgIpc) is 2.89. The highest BCUT2D eigenvalue weighted by Gasteiger charge is 2.39. The molecule has 0 spiro atoms. The van der Waals surface area contributed by atoms with E-state index in [9.17, 15) is 9.90 Å². The van der Waals surface area contributed by atoms with Crippen LogP contribution in [-0.2, 0) is 17.0 Å². The van der Waals surface area contributed by atoms with Gasteiger partial charge in [-0.25, -0.2) is 5.43 Å². The van der Waals surface area contributed by atoms with E-state index in [0.29, 0.717) is 17.7 Å². The monoisotopic (exact) mass is 450 g/mol. The molecule has 4 rings (SSSR count). The topological polar surface area (TPSA) is 70.9 Å². The summed E-state index contributed by atoms with van der Waals surface area (Å²) in [6.45, 7) is 2.54. The number of amides is 1. The van der Waals surface area contributed by atoms with Gasteiger partial charge in [-0.05, 0) is 53.4 Å². The summed E-state index contributed by atoms with van der Waals surface area (Å²) in [5.74, 6) is 0.100. The summed E-state index contributed by atoms with van der Waals surface area (Å²) in [5.41, 5.74) is 4.64. The SMILES string of the molecule is Cc1ccc(COc2ccc(/C=N/NC(=O)C(O)(c3ccccc3)c3ccccc3)cc2)cc1. The van der Waals surface area contributed by atoms with Crippen molar-refractivity contribution in [2.24, 2.45) is 5.10 Å². The molecule has 5 heteroatoms. The number of hydrazone groups is 1. The molecule has 4 aromatic carbocycles. The van der Waals surface area contributed by atoms with Crippen LogP contribution in [0, 0.1) is 6.92 Å². The standard InChI is InChI=1S/C29H26N2O3/c1-22-12-14-24(15-13-22)21-34-27-18-16-23(17-19-27)20-30-31-28(32)29(33,25-8-4-2-5-9-25)26-10-6-3-7-11-26/h2-20,33H,21H2,1H3,(H,31,32)/b30-20+. The molecule has 170 valence electrons. The van der Waals surface area contributed by atoms with Gasteiger partial charge in [-0.2, -0.15) is 5.10 Å². The van der Waals surface area contributed by atoms with Crippen molar-refractivity contribution in [2.45, 2.75) is 19.1 Å². The van der Waals surface area contributed by atoms with E-state index in [2.05, 4.69) is 29.6 Å². The van der Waals surface area contributed by atoms with Gasteiger partial charge in [-0.1, -0.05) is 90.5 Å². The van der Waals surface area contributed by atoms with Crippen molar-refractivity contribution in [3.05, 3.63) is 137 Å². The number of nitrogens with one attached hydrogen (secondary N) is 1. The lowest BCUT2D eigenvalue weighted by atomic mass is 9.85. The molecule has 0 aromatic heterocycles. The minimum atomic E-state index is -1.87. The molecule has 2 N–H and O–H groups in total. The van der Waals surface area contributed by atoms with Gasteiger partial charge in [0, 0.05) is 0 Å². The number of benzene rings is 4. The van der Waals surface area contributed by atoms with Gasteiger partial charge in [0.2, 0.25) is 0 Å². The highest BCUT2D eigenvalue weighted by Crippen LogP contribution is 2.29. The Bertz CT molecular complexity index is 1200. The zero-order valence-corrected chi connectivity index (χ0v) is 18.9. The number of nitrogens with zero attached hydrogens (tertiary/aromatic N) is 1. The minimum absolute atomic E-state index is 0.462. The molecule has 0 radical (unpaired) electrons. The molecule has 0 heterocycles. The Morgan fingerprint density at radius 2 is 1.41 bits per heavy atom. The van der Waals surface area contributed by atoms with E-state index in [1.54, 1.807) is 48.5 Å². The van der Waals surface area contributed by atoms with Crippen molar-refractivity contribution in [1.82, 2.24) is 5.43 Å². The van der Waals surface area contributed by atoms with Gasteiger partial charge in [0.05, 0.1) is 6.21 Å². The van der Waals surface area contributed by atoms with Gasteiger partial charge in [-0.3, -0.25) is 4.79 Å². The predicted molar refractivity (Wildman–Crippen MR) is 134 cm³/mol. The molecular weight excluding hydrogens is 424 g/mol. The van der Waals surface area contributed by atoms with Crippen LogP contribution in [0.25, 0.3) is 0 Å². The third-order valence-corrected chi connectivity index (χ3v) is 5.50. The second-order valence-corrected chi connectivity index (χ2v) is 7.98. The van der Waals surface area contributed by atoms with Crippen LogP contribution >= 0.6 is 0 Å². The van der Waals surface area contributed by atoms with Gasteiger partial charge >= 0.3 is 0 Å². The minimum Gasteiger partial charge on any atom is -0.489 e. The van der Waals surface area contributed by atoms with Crippen molar-refractivity contribution in [1.29, 1.82) is 0 Å². The van der Waals surface area contributed by atoms with E-state index >= 15 is 0 Å². The Labute approximate surface area is 199 Å². The second-order valence-electron chi connectivity index (χ2n) is 7.98. The average molecular weight is 451 g/mol. The molecule has 0 atom stereocenters. The molecule has 4 aromatic rings. The highest BCUT2D eigenvalue weighted by atomic mass is 16.5. The van der Waals surface area contributed by atoms with Crippen molar-refractivity contribution in [3.63, 3.8) is 0 Å². The first kappa shape index (κ1) is 23.0. The Morgan fingerprint density at radius 3 is 1.97 bits per heavy atom. The first-order chi connectivity index (χ1) is 16.6. The van der Waals surface area contributed by atoms with Gasteiger partial charge in [0.25, 0.3) is 5.91 Å². The van der Waals surface area contributed by atoms with Gasteiger partial charge in [0.15, 0.2) is 5.60 Å². The molecule has 34 heavy (non-hydrogen) atoms.